The summed E-state index contributed by atoms with van der Waals surface area (Å²) in [5.74, 6) is 5.43. The van der Waals surface area contributed by atoms with Crippen molar-refractivity contribution in [3.05, 3.63) is 53.7 Å². The minimum absolute atomic E-state index is 0.309. The number of nitrogens with two attached hydrogens (primary N) is 1. The van der Waals surface area contributed by atoms with Crippen LogP contribution in [0.3, 0.4) is 0 Å². The van der Waals surface area contributed by atoms with Crippen molar-refractivity contribution in [1.82, 2.24) is 15.4 Å². The third-order valence-electron chi connectivity index (χ3n) is 2.54. The predicted octanol–water partition coefficient (Wildman–Crippen LogP) is 1.18. The number of benzene rings is 1. The van der Waals surface area contributed by atoms with Crippen molar-refractivity contribution in [2.24, 2.45) is 5.84 Å². The van der Waals surface area contributed by atoms with Gasteiger partial charge >= 0.3 is 0 Å². The number of methoxy groups -OCH3 is 1. The van der Waals surface area contributed by atoms with Crippen molar-refractivity contribution < 1.29 is 9.13 Å². The van der Waals surface area contributed by atoms with E-state index in [0.29, 0.717) is 17.1 Å². The second kappa shape index (κ2) is 5.52. The summed E-state index contributed by atoms with van der Waals surface area (Å²) in [6, 6.07) is 5.72. The molecule has 2 aromatic rings. The first kappa shape index (κ1) is 12.4. The number of hydrogen-bond acceptors (Lipinski definition) is 5. The average molecular weight is 248 g/mol. The molecule has 0 spiro atoms. The van der Waals surface area contributed by atoms with Crippen molar-refractivity contribution >= 4 is 0 Å². The van der Waals surface area contributed by atoms with E-state index in [9.17, 15) is 4.39 Å². The molecule has 1 unspecified atom stereocenters. The van der Waals surface area contributed by atoms with Gasteiger partial charge in [0.1, 0.15) is 11.5 Å². The average Bonchev–Trinajstić information content (AvgIpc) is 2.42. The second-order valence-electron chi connectivity index (χ2n) is 3.57. The van der Waals surface area contributed by atoms with E-state index in [4.69, 9.17) is 10.6 Å². The zero-order chi connectivity index (χ0) is 13.0. The summed E-state index contributed by atoms with van der Waals surface area (Å²) < 4.78 is 18.9. The summed E-state index contributed by atoms with van der Waals surface area (Å²) in [6.07, 6.45) is 3.00. The second-order valence-corrected chi connectivity index (χ2v) is 3.57. The summed E-state index contributed by atoms with van der Waals surface area (Å²) in [5, 5.41) is 0. The Labute approximate surface area is 104 Å². The molecule has 1 aromatic carbocycles. The number of nitrogens with zero attached hydrogens (tertiary/aromatic N) is 2. The topological polar surface area (TPSA) is 73.1 Å². The van der Waals surface area contributed by atoms with Crippen LogP contribution in [0.4, 0.5) is 4.39 Å². The highest BCUT2D eigenvalue weighted by Crippen LogP contribution is 2.27. The minimum Gasteiger partial charge on any atom is -0.480 e. The molecule has 0 fully saturated rings. The van der Waals surface area contributed by atoms with Gasteiger partial charge in [-0.1, -0.05) is 18.2 Å². The van der Waals surface area contributed by atoms with Crippen molar-refractivity contribution in [3.63, 3.8) is 0 Å². The summed E-state index contributed by atoms with van der Waals surface area (Å²) in [5.41, 5.74) is 3.35. The van der Waals surface area contributed by atoms with Gasteiger partial charge in [-0.2, -0.15) is 0 Å². The Kier molecular flexibility index (Phi) is 3.81. The molecule has 0 amide bonds. The number of hydrazine groups is 1. The Morgan fingerprint density at radius 2 is 2.00 bits per heavy atom. The van der Waals surface area contributed by atoms with Crippen LogP contribution in [-0.4, -0.2) is 17.1 Å². The van der Waals surface area contributed by atoms with E-state index in [-0.39, 0.29) is 5.82 Å². The molecule has 0 radical (unpaired) electrons. The number of aromatic nitrogens is 2. The molecule has 0 saturated heterocycles. The quantitative estimate of drug-likeness (QED) is 0.628. The van der Waals surface area contributed by atoms with Crippen LogP contribution in [0, 0.1) is 5.82 Å². The Hall–Kier alpha value is -2.05. The molecule has 1 heterocycles. The lowest BCUT2D eigenvalue weighted by Crippen LogP contribution is -2.30. The zero-order valence-electron chi connectivity index (χ0n) is 9.80. The van der Waals surface area contributed by atoms with E-state index in [1.54, 1.807) is 18.2 Å². The fraction of sp³-hybridized carbons (Fsp3) is 0.167. The number of ether oxygens (including phenoxy) is 1. The first-order valence-electron chi connectivity index (χ1n) is 5.33. The molecular weight excluding hydrogens is 235 g/mol. The van der Waals surface area contributed by atoms with Crippen molar-refractivity contribution in [1.29, 1.82) is 0 Å². The molecule has 94 valence electrons. The molecule has 5 nitrogen and oxygen atoms in total. The Bertz CT molecular complexity index is 535. The molecule has 18 heavy (non-hydrogen) atoms. The lowest BCUT2D eigenvalue weighted by Gasteiger charge is -2.17. The van der Waals surface area contributed by atoms with E-state index >= 15 is 0 Å². The van der Waals surface area contributed by atoms with Gasteiger partial charge in [0.05, 0.1) is 13.2 Å². The van der Waals surface area contributed by atoms with Gasteiger partial charge < -0.3 is 4.74 Å². The maximum Gasteiger partial charge on any atom is 0.237 e. The smallest absolute Gasteiger partial charge is 0.237 e. The van der Waals surface area contributed by atoms with E-state index in [0.717, 1.165) is 0 Å². The lowest BCUT2D eigenvalue weighted by atomic mass is 10.0. The molecule has 0 aliphatic carbocycles. The standard InChI is InChI=1S/C12H13FN4O/c1-18-12-11(15-6-7-16-12)10(17-14)8-4-2-3-5-9(8)13/h2-7,10,17H,14H2,1H3. The van der Waals surface area contributed by atoms with E-state index < -0.39 is 6.04 Å². The lowest BCUT2D eigenvalue weighted by molar-refractivity contribution is 0.382. The van der Waals surface area contributed by atoms with Crippen molar-refractivity contribution in [3.8, 4) is 5.88 Å². The van der Waals surface area contributed by atoms with E-state index in [1.165, 1.54) is 25.6 Å². The Morgan fingerprint density at radius 1 is 1.28 bits per heavy atom. The van der Waals surface area contributed by atoms with Gasteiger partial charge in [0, 0.05) is 18.0 Å². The SMILES string of the molecule is COc1nccnc1C(NN)c1ccccc1F. The van der Waals surface area contributed by atoms with Gasteiger partial charge in [-0.25, -0.2) is 14.8 Å². The summed E-state index contributed by atoms with van der Waals surface area (Å²) in [4.78, 5) is 8.16. The van der Waals surface area contributed by atoms with Crippen LogP contribution in [0.1, 0.15) is 17.3 Å². The fourth-order valence-corrected chi connectivity index (χ4v) is 1.72. The highest BCUT2D eigenvalue weighted by Gasteiger charge is 2.21. The van der Waals surface area contributed by atoms with Crippen molar-refractivity contribution in [2.75, 3.05) is 7.11 Å². The van der Waals surface area contributed by atoms with Gasteiger partial charge in [0.2, 0.25) is 5.88 Å². The maximum atomic E-state index is 13.8. The minimum atomic E-state index is -0.616. The van der Waals surface area contributed by atoms with Crippen LogP contribution in [0.2, 0.25) is 0 Å². The third-order valence-corrected chi connectivity index (χ3v) is 2.54. The van der Waals surface area contributed by atoms with Gasteiger partial charge in [0.25, 0.3) is 0 Å². The van der Waals surface area contributed by atoms with Crippen LogP contribution in [0.5, 0.6) is 5.88 Å². The van der Waals surface area contributed by atoms with Crippen LogP contribution in [-0.2, 0) is 0 Å². The highest BCUT2D eigenvalue weighted by molar-refractivity contribution is 5.33. The predicted molar refractivity (Wildman–Crippen MR) is 64.2 cm³/mol. The molecule has 0 bridgehead atoms. The molecule has 1 aromatic heterocycles. The zero-order valence-corrected chi connectivity index (χ0v) is 9.80. The van der Waals surface area contributed by atoms with Crippen molar-refractivity contribution in [2.45, 2.75) is 6.04 Å². The largest absolute Gasteiger partial charge is 0.480 e. The monoisotopic (exact) mass is 248 g/mol. The number of hydrogen-bond donors (Lipinski definition) is 2. The van der Waals surface area contributed by atoms with E-state index in [2.05, 4.69) is 15.4 Å². The Morgan fingerprint density at radius 3 is 2.67 bits per heavy atom. The summed E-state index contributed by atoms with van der Waals surface area (Å²) in [6.45, 7) is 0. The van der Waals surface area contributed by atoms with Gasteiger partial charge in [0.15, 0.2) is 0 Å². The maximum absolute atomic E-state index is 13.8. The molecule has 3 N–H and O–H groups in total. The summed E-state index contributed by atoms with van der Waals surface area (Å²) in [7, 11) is 1.47. The van der Waals surface area contributed by atoms with Crippen LogP contribution in [0.25, 0.3) is 0 Å². The molecule has 1 atom stereocenters. The first-order chi connectivity index (χ1) is 8.77. The number of halogens is 1. The van der Waals surface area contributed by atoms with Gasteiger partial charge in [-0.15, -0.1) is 0 Å². The molecule has 0 aliphatic rings. The van der Waals surface area contributed by atoms with Crippen LogP contribution in [0.15, 0.2) is 36.7 Å². The molecule has 0 saturated carbocycles. The number of rotatable bonds is 4. The van der Waals surface area contributed by atoms with Gasteiger partial charge in [-0.05, 0) is 6.07 Å². The molecule has 2 rings (SSSR count). The number of nitrogens with one attached hydrogen (secondary N) is 1. The highest BCUT2D eigenvalue weighted by atomic mass is 19.1. The van der Waals surface area contributed by atoms with Crippen LogP contribution >= 0.6 is 0 Å². The third kappa shape index (κ3) is 2.29. The normalized spacial score (nSPS) is 12.2. The molecule has 0 aliphatic heterocycles. The first-order valence-corrected chi connectivity index (χ1v) is 5.33. The van der Waals surface area contributed by atoms with Gasteiger partial charge in [-0.3, -0.25) is 10.8 Å². The summed E-state index contributed by atoms with van der Waals surface area (Å²) >= 11 is 0. The fourth-order valence-electron chi connectivity index (χ4n) is 1.72. The van der Waals surface area contributed by atoms with Crippen LogP contribution < -0.4 is 16.0 Å². The molecule has 6 heteroatoms. The molecular formula is C12H13FN4O. The van der Waals surface area contributed by atoms with E-state index in [1.807, 2.05) is 0 Å². The Balaban J connectivity index is 2.49.